The SMILES string of the molecule is O=C(O)N(CCC1CCN(c2ccnc(Nc3ccncc3)n2)CC1)Cc1ccccc1. The lowest BCUT2D eigenvalue weighted by Gasteiger charge is -2.33. The van der Waals surface area contributed by atoms with Gasteiger partial charge in [0.2, 0.25) is 5.95 Å². The fourth-order valence-corrected chi connectivity index (χ4v) is 3.99. The predicted octanol–water partition coefficient (Wildman–Crippen LogP) is 4.40. The zero-order valence-electron chi connectivity index (χ0n) is 18.0. The third kappa shape index (κ3) is 5.94. The summed E-state index contributed by atoms with van der Waals surface area (Å²) in [5.74, 6) is 1.99. The van der Waals surface area contributed by atoms with Crippen LogP contribution in [0.1, 0.15) is 24.8 Å². The van der Waals surface area contributed by atoms with E-state index in [9.17, 15) is 9.90 Å². The Balaban J connectivity index is 1.27. The second kappa shape index (κ2) is 10.6. The lowest BCUT2D eigenvalue weighted by molar-refractivity contribution is 0.137. The van der Waals surface area contributed by atoms with Crippen LogP contribution in [0.25, 0.3) is 0 Å². The van der Waals surface area contributed by atoms with Crippen molar-refractivity contribution < 1.29 is 9.90 Å². The zero-order valence-corrected chi connectivity index (χ0v) is 18.0. The number of hydrogen-bond donors (Lipinski definition) is 2. The van der Waals surface area contributed by atoms with E-state index in [-0.39, 0.29) is 0 Å². The van der Waals surface area contributed by atoms with Gasteiger partial charge in [-0.1, -0.05) is 30.3 Å². The molecule has 2 aromatic heterocycles. The molecule has 0 bridgehead atoms. The van der Waals surface area contributed by atoms with Crippen LogP contribution in [0.2, 0.25) is 0 Å². The maximum absolute atomic E-state index is 11.7. The van der Waals surface area contributed by atoms with Crippen LogP contribution in [0.5, 0.6) is 0 Å². The maximum Gasteiger partial charge on any atom is 0.407 e. The van der Waals surface area contributed by atoms with E-state index in [0.717, 1.165) is 49.4 Å². The Morgan fingerprint density at radius 3 is 2.53 bits per heavy atom. The van der Waals surface area contributed by atoms with Gasteiger partial charge in [0, 0.05) is 50.5 Å². The summed E-state index contributed by atoms with van der Waals surface area (Å²) in [6, 6.07) is 15.4. The fourth-order valence-electron chi connectivity index (χ4n) is 3.99. The molecule has 0 atom stereocenters. The van der Waals surface area contributed by atoms with Gasteiger partial charge in [-0.05, 0) is 48.9 Å². The van der Waals surface area contributed by atoms with E-state index in [2.05, 4.69) is 25.2 Å². The molecule has 0 unspecified atom stereocenters. The van der Waals surface area contributed by atoms with Crippen LogP contribution >= 0.6 is 0 Å². The van der Waals surface area contributed by atoms with Crippen molar-refractivity contribution in [1.82, 2.24) is 19.9 Å². The summed E-state index contributed by atoms with van der Waals surface area (Å²) < 4.78 is 0. The molecule has 3 aromatic rings. The zero-order chi connectivity index (χ0) is 22.2. The number of aromatic nitrogens is 3. The van der Waals surface area contributed by atoms with Crippen LogP contribution in [0.4, 0.5) is 22.2 Å². The first-order chi connectivity index (χ1) is 15.7. The number of anilines is 3. The van der Waals surface area contributed by atoms with Crippen molar-refractivity contribution in [3.63, 3.8) is 0 Å². The van der Waals surface area contributed by atoms with E-state index >= 15 is 0 Å². The van der Waals surface area contributed by atoms with Gasteiger partial charge in [-0.25, -0.2) is 9.78 Å². The summed E-state index contributed by atoms with van der Waals surface area (Å²) in [5, 5.41) is 12.8. The van der Waals surface area contributed by atoms with Crippen LogP contribution in [0, 0.1) is 5.92 Å². The number of pyridine rings is 1. The van der Waals surface area contributed by atoms with Crippen LogP contribution in [-0.2, 0) is 6.54 Å². The number of piperidine rings is 1. The molecule has 8 nitrogen and oxygen atoms in total. The molecular formula is C24H28N6O2. The van der Waals surface area contributed by atoms with Crippen LogP contribution in [-0.4, -0.2) is 50.7 Å². The first kappa shape index (κ1) is 21.5. The summed E-state index contributed by atoms with van der Waals surface area (Å²) in [6.07, 6.45) is 7.29. The minimum atomic E-state index is -0.860. The normalized spacial score (nSPS) is 14.2. The fraction of sp³-hybridized carbons (Fsp3) is 0.333. The average Bonchev–Trinajstić information content (AvgIpc) is 2.83. The molecular weight excluding hydrogens is 404 g/mol. The number of carboxylic acid groups (broad SMARTS) is 1. The van der Waals surface area contributed by atoms with Gasteiger partial charge in [0.1, 0.15) is 5.82 Å². The smallest absolute Gasteiger partial charge is 0.407 e. The Bertz CT molecular complexity index is 994. The number of carbonyl (C=O) groups is 1. The third-order valence-corrected chi connectivity index (χ3v) is 5.81. The molecule has 1 saturated heterocycles. The number of hydrogen-bond acceptors (Lipinski definition) is 6. The van der Waals surface area contributed by atoms with E-state index in [1.54, 1.807) is 18.6 Å². The summed E-state index contributed by atoms with van der Waals surface area (Å²) in [5.41, 5.74) is 1.92. The Hall–Kier alpha value is -3.68. The lowest BCUT2D eigenvalue weighted by Crippen LogP contribution is -2.36. The molecule has 0 spiro atoms. The minimum absolute atomic E-state index is 0.434. The van der Waals surface area contributed by atoms with Gasteiger partial charge in [0.25, 0.3) is 0 Å². The van der Waals surface area contributed by atoms with E-state index in [1.165, 1.54) is 4.90 Å². The summed E-state index contributed by atoms with van der Waals surface area (Å²) >= 11 is 0. The molecule has 0 saturated carbocycles. The Morgan fingerprint density at radius 2 is 1.81 bits per heavy atom. The molecule has 4 rings (SSSR count). The van der Waals surface area contributed by atoms with E-state index in [1.807, 2.05) is 48.5 Å². The quantitative estimate of drug-likeness (QED) is 0.545. The summed E-state index contributed by atoms with van der Waals surface area (Å²) in [7, 11) is 0. The molecule has 166 valence electrons. The van der Waals surface area contributed by atoms with Gasteiger partial charge in [-0.2, -0.15) is 4.98 Å². The third-order valence-electron chi connectivity index (χ3n) is 5.81. The molecule has 1 amide bonds. The van der Waals surface area contributed by atoms with Gasteiger partial charge < -0.3 is 20.2 Å². The molecule has 1 aliphatic rings. The van der Waals surface area contributed by atoms with Gasteiger partial charge in [0.05, 0.1) is 0 Å². The molecule has 0 aliphatic carbocycles. The van der Waals surface area contributed by atoms with Gasteiger partial charge in [-0.3, -0.25) is 4.98 Å². The number of amides is 1. The summed E-state index contributed by atoms with van der Waals surface area (Å²) in [4.78, 5) is 28.4. The molecule has 32 heavy (non-hydrogen) atoms. The first-order valence-electron chi connectivity index (χ1n) is 10.9. The molecule has 8 heteroatoms. The van der Waals surface area contributed by atoms with Crippen molar-refractivity contribution >= 4 is 23.5 Å². The monoisotopic (exact) mass is 432 g/mol. The second-order valence-corrected chi connectivity index (χ2v) is 8.01. The predicted molar refractivity (Wildman–Crippen MR) is 124 cm³/mol. The Morgan fingerprint density at radius 1 is 1.06 bits per heavy atom. The van der Waals surface area contributed by atoms with Crippen molar-refractivity contribution in [3.05, 3.63) is 72.7 Å². The average molecular weight is 433 g/mol. The number of benzene rings is 1. The van der Waals surface area contributed by atoms with Crippen LogP contribution in [0.3, 0.4) is 0 Å². The maximum atomic E-state index is 11.7. The Kier molecular flexibility index (Phi) is 7.12. The van der Waals surface area contributed by atoms with Gasteiger partial charge in [-0.15, -0.1) is 0 Å². The molecule has 2 N–H and O–H groups in total. The van der Waals surface area contributed by atoms with Crippen molar-refractivity contribution in [2.75, 3.05) is 29.9 Å². The highest BCUT2D eigenvalue weighted by Crippen LogP contribution is 2.25. The number of nitrogens with zero attached hydrogens (tertiary/aromatic N) is 5. The number of rotatable bonds is 8. The summed E-state index contributed by atoms with van der Waals surface area (Å²) in [6.45, 7) is 2.80. The molecule has 0 radical (unpaired) electrons. The van der Waals surface area contributed by atoms with E-state index in [4.69, 9.17) is 0 Å². The van der Waals surface area contributed by atoms with Crippen LogP contribution in [0.15, 0.2) is 67.1 Å². The van der Waals surface area contributed by atoms with Gasteiger partial charge >= 0.3 is 6.09 Å². The Labute approximate surface area is 188 Å². The molecule has 1 aliphatic heterocycles. The topological polar surface area (TPSA) is 94.5 Å². The van der Waals surface area contributed by atoms with Crippen molar-refractivity contribution in [2.24, 2.45) is 5.92 Å². The van der Waals surface area contributed by atoms with Crippen molar-refractivity contribution in [2.45, 2.75) is 25.8 Å². The van der Waals surface area contributed by atoms with Gasteiger partial charge in [0.15, 0.2) is 0 Å². The second-order valence-electron chi connectivity index (χ2n) is 8.01. The minimum Gasteiger partial charge on any atom is -0.465 e. The molecule has 3 heterocycles. The van der Waals surface area contributed by atoms with E-state index in [0.29, 0.717) is 25.0 Å². The highest BCUT2D eigenvalue weighted by molar-refractivity contribution is 5.65. The molecule has 1 fully saturated rings. The molecule has 1 aromatic carbocycles. The number of nitrogens with one attached hydrogen (secondary N) is 1. The highest BCUT2D eigenvalue weighted by Gasteiger charge is 2.22. The standard InChI is InChI=1S/C24H28N6O2/c31-24(32)30(18-20-4-2-1-3-5-20)17-11-19-9-15-29(16-10-19)22-8-14-26-23(28-22)27-21-6-12-25-13-7-21/h1-8,12-14,19H,9-11,15-18H2,(H,31,32)(H,25,26,27,28). The largest absolute Gasteiger partial charge is 0.465 e. The highest BCUT2D eigenvalue weighted by atomic mass is 16.4. The lowest BCUT2D eigenvalue weighted by atomic mass is 9.93. The van der Waals surface area contributed by atoms with E-state index < -0.39 is 6.09 Å². The van der Waals surface area contributed by atoms with Crippen molar-refractivity contribution in [1.29, 1.82) is 0 Å². The first-order valence-corrected chi connectivity index (χ1v) is 10.9. The van der Waals surface area contributed by atoms with Crippen molar-refractivity contribution in [3.8, 4) is 0 Å². The van der Waals surface area contributed by atoms with Crippen LogP contribution < -0.4 is 10.2 Å².